The molecule has 0 radical (unpaired) electrons. The molecular weight excluding hydrogens is 142 g/mol. The molecule has 60 valence electrons. The van der Waals surface area contributed by atoms with E-state index < -0.39 is 5.97 Å². The van der Waals surface area contributed by atoms with Crippen molar-refractivity contribution in [3.05, 3.63) is 12.7 Å². The van der Waals surface area contributed by atoms with Gasteiger partial charge < -0.3 is 4.74 Å². The van der Waals surface area contributed by atoms with E-state index in [0.717, 1.165) is 12.8 Å². The van der Waals surface area contributed by atoms with Crippen molar-refractivity contribution in [1.29, 1.82) is 5.26 Å². The fourth-order valence-corrected chi connectivity index (χ4v) is 0.529. The summed E-state index contributed by atoms with van der Waals surface area (Å²) in [5.74, 6) is -0.448. The predicted molar refractivity (Wildman–Crippen MR) is 40.6 cm³/mol. The molecular formula is C8H11NO2. The lowest BCUT2D eigenvalue weighted by molar-refractivity contribution is -0.142. The second kappa shape index (κ2) is 6.81. The summed E-state index contributed by atoms with van der Waals surface area (Å²) in [4.78, 5) is 10.5. The van der Waals surface area contributed by atoms with Crippen molar-refractivity contribution >= 4 is 5.97 Å². The first-order valence-corrected chi connectivity index (χ1v) is 3.44. The third-order valence-corrected chi connectivity index (χ3v) is 1.04. The Morgan fingerprint density at radius 3 is 3.00 bits per heavy atom. The van der Waals surface area contributed by atoms with Crippen LogP contribution in [0.15, 0.2) is 12.7 Å². The highest BCUT2D eigenvalue weighted by atomic mass is 16.5. The van der Waals surface area contributed by atoms with E-state index in [0.29, 0.717) is 6.61 Å². The van der Waals surface area contributed by atoms with Crippen LogP contribution < -0.4 is 0 Å². The van der Waals surface area contributed by atoms with Crippen LogP contribution in [0, 0.1) is 11.3 Å². The van der Waals surface area contributed by atoms with Crippen LogP contribution in [0.4, 0.5) is 0 Å². The molecule has 3 heteroatoms. The number of carbonyl (C=O) groups excluding carboxylic acids is 1. The summed E-state index contributed by atoms with van der Waals surface area (Å²) < 4.78 is 4.68. The van der Waals surface area contributed by atoms with Crippen LogP contribution in [0.2, 0.25) is 0 Å². The Labute approximate surface area is 66.3 Å². The maximum atomic E-state index is 10.5. The fourth-order valence-electron chi connectivity index (χ4n) is 0.529. The van der Waals surface area contributed by atoms with Crippen LogP contribution in [-0.2, 0) is 9.53 Å². The summed E-state index contributed by atoms with van der Waals surface area (Å²) in [6, 6.07) is 1.71. The monoisotopic (exact) mass is 153 g/mol. The van der Waals surface area contributed by atoms with Crippen molar-refractivity contribution in [2.75, 3.05) is 6.61 Å². The molecule has 0 N–H and O–H groups in total. The summed E-state index contributed by atoms with van der Waals surface area (Å²) >= 11 is 0. The molecule has 0 heterocycles. The molecule has 0 rings (SSSR count). The summed E-state index contributed by atoms with van der Waals surface area (Å²) in [6.07, 6.45) is 3.22. The minimum atomic E-state index is -0.448. The number of carbonyl (C=O) groups is 1. The Bertz CT molecular complexity index is 169. The van der Waals surface area contributed by atoms with E-state index >= 15 is 0 Å². The zero-order chi connectivity index (χ0) is 8.53. The molecule has 0 aliphatic heterocycles. The van der Waals surface area contributed by atoms with E-state index in [1.165, 1.54) is 0 Å². The molecule has 0 unspecified atom stereocenters. The van der Waals surface area contributed by atoms with E-state index in [1.54, 1.807) is 12.1 Å². The van der Waals surface area contributed by atoms with Gasteiger partial charge in [0.15, 0.2) is 0 Å². The molecule has 3 nitrogen and oxygen atoms in total. The Balaban J connectivity index is 3.18. The molecule has 0 fully saturated rings. The van der Waals surface area contributed by atoms with Gasteiger partial charge in [-0.15, -0.1) is 6.58 Å². The van der Waals surface area contributed by atoms with Crippen molar-refractivity contribution in [1.82, 2.24) is 0 Å². The number of hydrogen-bond acceptors (Lipinski definition) is 3. The summed E-state index contributed by atoms with van der Waals surface area (Å²) in [5.41, 5.74) is 0. The SMILES string of the molecule is C=CCCCOC(=O)CC#N. The standard InChI is InChI=1S/C8H11NO2/c1-2-3-4-7-11-8(10)5-6-9/h2H,1,3-5,7H2. The van der Waals surface area contributed by atoms with Gasteiger partial charge in [0.2, 0.25) is 0 Å². The Morgan fingerprint density at radius 1 is 1.73 bits per heavy atom. The highest BCUT2D eigenvalue weighted by Crippen LogP contribution is 1.92. The smallest absolute Gasteiger partial charge is 0.320 e. The number of rotatable bonds is 5. The van der Waals surface area contributed by atoms with Crippen LogP contribution in [0.5, 0.6) is 0 Å². The minimum Gasteiger partial charge on any atom is -0.465 e. The van der Waals surface area contributed by atoms with Crippen molar-refractivity contribution in [3.8, 4) is 6.07 Å². The number of unbranched alkanes of at least 4 members (excludes halogenated alkanes) is 1. The van der Waals surface area contributed by atoms with E-state index in [9.17, 15) is 4.79 Å². The molecule has 0 aliphatic carbocycles. The number of esters is 1. The average Bonchev–Trinajstić information content (AvgIpc) is 1.99. The van der Waals surface area contributed by atoms with Gasteiger partial charge in [-0.3, -0.25) is 4.79 Å². The molecule has 0 bridgehead atoms. The number of ether oxygens (including phenoxy) is 1. The lowest BCUT2D eigenvalue weighted by atomic mass is 10.3. The average molecular weight is 153 g/mol. The Kier molecular flexibility index (Phi) is 6.01. The highest BCUT2D eigenvalue weighted by molar-refractivity contribution is 5.71. The number of nitriles is 1. The first kappa shape index (κ1) is 9.70. The Hall–Kier alpha value is -1.30. The maximum absolute atomic E-state index is 10.5. The van der Waals surface area contributed by atoms with E-state index in [4.69, 9.17) is 5.26 Å². The van der Waals surface area contributed by atoms with Crippen molar-refractivity contribution in [2.45, 2.75) is 19.3 Å². The molecule has 11 heavy (non-hydrogen) atoms. The molecule has 0 aromatic heterocycles. The lowest BCUT2D eigenvalue weighted by Crippen LogP contribution is -2.03. The predicted octanol–water partition coefficient (Wildman–Crippen LogP) is 1.41. The molecule has 0 spiro atoms. The van der Waals surface area contributed by atoms with Gasteiger partial charge in [-0.1, -0.05) is 6.08 Å². The zero-order valence-corrected chi connectivity index (χ0v) is 6.38. The van der Waals surface area contributed by atoms with Gasteiger partial charge in [0.1, 0.15) is 6.42 Å². The van der Waals surface area contributed by atoms with Gasteiger partial charge in [0, 0.05) is 0 Å². The summed E-state index contributed by atoms with van der Waals surface area (Å²) in [6.45, 7) is 3.90. The van der Waals surface area contributed by atoms with Crippen molar-refractivity contribution < 1.29 is 9.53 Å². The van der Waals surface area contributed by atoms with E-state index in [2.05, 4.69) is 11.3 Å². The van der Waals surface area contributed by atoms with Crippen LogP contribution in [0.25, 0.3) is 0 Å². The van der Waals surface area contributed by atoms with Crippen LogP contribution in [0.1, 0.15) is 19.3 Å². The van der Waals surface area contributed by atoms with Crippen LogP contribution in [-0.4, -0.2) is 12.6 Å². The first-order valence-electron chi connectivity index (χ1n) is 3.44. The molecule has 0 aromatic rings. The summed E-state index contributed by atoms with van der Waals surface area (Å²) in [5, 5.41) is 8.07. The molecule has 0 saturated heterocycles. The maximum Gasteiger partial charge on any atom is 0.320 e. The molecule has 0 atom stereocenters. The van der Waals surface area contributed by atoms with Gasteiger partial charge in [-0.05, 0) is 12.8 Å². The van der Waals surface area contributed by atoms with Gasteiger partial charge in [-0.25, -0.2) is 0 Å². The largest absolute Gasteiger partial charge is 0.465 e. The molecule has 0 aliphatic rings. The molecule has 0 amide bonds. The van der Waals surface area contributed by atoms with Gasteiger partial charge in [0.25, 0.3) is 0 Å². The van der Waals surface area contributed by atoms with Gasteiger partial charge in [0.05, 0.1) is 12.7 Å². The number of hydrogen-bond donors (Lipinski definition) is 0. The van der Waals surface area contributed by atoms with E-state index in [-0.39, 0.29) is 6.42 Å². The minimum absolute atomic E-state index is 0.159. The zero-order valence-electron chi connectivity index (χ0n) is 6.38. The quantitative estimate of drug-likeness (QED) is 0.341. The Morgan fingerprint density at radius 2 is 2.45 bits per heavy atom. The highest BCUT2D eigenvalue weighted by Gasteiger charge is 1.98. The van der Waals surface area contributed by atoms with Crippen LogP contribution >= 0.6 is 0 Å². The second-order valence-corrected chi connectivity index (χ2v) is 1.99. The van der Waals surface area contributed by atoms with E-state index in [1.807, 2.05) is 0 Å². The van der Waals surface area contributed by atoms with Crippen molar-refractivity contribution in [2.24, 2.45) is 0 Å². The normalized spacial score (nSPS) is 8.27. The third-order valence-electron chi connectivity index (χ3n) is 1.04. The summed E-state index contributed by atoms with van der Waals surface area (Å²) in [7, 11) is 0. The number of allylic oxidation sites excluding steroid dienone is 1. The third kappa shape index (κ3) is 6.59. The molecule has 0 aromatic carbocycles. The number of nitrogens with zero attached hydrogens (tertiary/aromatic N) is 1. The van der Waals surface area contributed by atoms with Crippen molar-refractivity contribution in [3.63, 3.8) is 0 Å². The van der Waals surface area contributed by atoms with Gasteiger partial charge >= 0.3 is 5.97 Å². The second-order valence-electron chi connectivity index (χ2n) is 1.99. The molecule has 0 saturated carbocycles. The van der Waals surface area contributed by atoms with Gasteiger partial charge in [-0.2, -0.15) is 5.26 Å². The van der Waals surface area contributed by atoms with Crippen LogP contribution in [0.3, 0.4) is 0 Å². The fraction of sp³-hybridized carbons (Fsp3) is 0.500. The lowest BCUT2D eigenvalue weighted by Gasteiger charge is -1.98. The topological polar surface area (TPSA) is 50.1 Å². The first-order chi connectivity index (χ1) is 5.31.